The molecule has 0 aliphatic rings. The maximum Gasteiger partial charge on any atom is 0.262 e. The number of thioether (sulfide) groups is 1. The maximum absolute atomic E-state index is 11.9. The minimum absolute atomic E-state index is 0.0398. The van der Waals surface area contributed by atoms with Crippen molar-refractivity contribution in [3.63, 3.8) is 0 Å². The van der Waals surface area contributed by atoms with Crippen molar-refractivity contribution in [3.8, 4) is 11.2 Å². The zero-order chi connectivity index (χ0) is 15.8. The summed E-state index contributed by atoms with van der Waals surface area (Å²) < 4.78 is 5.49. The van der Waals surface area contributed by atoms with Gasteiger partial charge in [0.1, 0.15) is 11.2 Å². The number of aryl methyl sites for hydroxylation is 1. The third kappa shape index (κ3) is 4.83. The minimum atomic E-state index is -0.220. The summed E-state index contributed by atoms with van der Waals surface area (Å²) in [7, 11) is 0. The predicted molar refractivity (Wildman–Crippen MR) is 87.9 cm³/mol. The lowest BCUT2D eigenvalue weighted by molar-refractivity contribution is -0.118. The fourth-order valence-electron chi connectivity index (χ4n) is 1.86. The highest BCUT2D eigenvalue weighted by Gasteiger charge is 2.04. The van der Waals surface area contributed by atoms with Crippen LogP contribution >= 0.6 is 11.8 Å². The van der Waals surface area contributed by atoms with Crippen molar-refractivity contribution in [2.45, 2.75) is 18.2 Å². The van der Waals surface area contributed by atoms with E-state index in [0.717, 1.165) is 23.1 Å². The predicted octanol–water partition coefficient (Wildman–Crippen LogP) is 3.84. The number of benzene rings is 2. The number of ether oxygens (including phenoxy) is 1. The third-order valence-corrected chi connectivity index (χ3v) is 3.58. The smallest absolute Gasteiger partial charge is 0.262 e. The average Bonchev–Trinajstić information content (AvgIpc) is 2.55. The van der Waals surface area contributed by atoms with Gasteiger partial charge in [0.25, 0.3) is 5.91 Å². The Balaban J connectivity index is 1.86. The molecule has 2 aromatic rings. The van der Waals surface area contributed by atoms with Crippen LogP contribution in [0.4, 0.5) is 5.69 Å². The molecule has 2 aromatic carbocycles. The van der Waals surface area contributed by atoms with Crippen molar-refractivity contribution >= 4 is 23.4 Å². The number of nitrogens with zero attached hydrogens (tertiary/aromatic N) is 1. The molecule has 0 saturated heterocycles. The Morgan fingerprint density at radius 2 is 2.05 bits per heavy atom. The molecule has 0 radical (unpaired) electrons. The first-order valence-corrected chi connectivity index (χ1v) is 7.70. The lowest BCUT2D eigenvalue weighted by atomic mass is 10.2. The molecule has 0 unspecified atom stereocenters. The summed E-state index contributed by atoms with van der Waals surface area (Å²) in [5.41, 5.74) is 1.85. The molecule has 2 rings (SSSR count). The molecule has 0 saturated carbocycles. The quantitative estimate of drug-likeness (QED) is 0.650. The number of hydrogen-bond donors (Lipinski definition) is 1. The van der Waals surface area contributed by atoms with Crippen LogP contribution in [0.5, 0.6) is 5.75 Å². The van der Waals surface area contributed by atoms with Crippen LogP contribution in [0.25, 0.3) is 0 Å². The number of nitriles is 1. The van der Waals surface area contributed by atoms with Crippen LogP contribution in [0, 0.1) is 10.7 Å². The maximum atomic E-state index is 11.9. The molecule has 1 N–H and O–H groups in total. The largest absolute Gasteiger partial charge is 0.484 e. The highest BCUT2D eigenvalue weighted by molar-refractivity contribution is 8.03. The monoisotopic (exact) mass is 312 g/mol. The molecule has 1 amide bonds. The number of amides is 1. The molecule has 0 heterocycles. The van der Waals surface area contributed by atoms with Crippen molar-refractivity contribution in [2.75, 3.05) is 11.9 Å². The molecule has 0 aromatic heterocycles. The average molecular weight is 312 g/mol. The van der Waals surface area contributed by atoms with Gasteiger partial charge in [-0.25, -0.2) is 0 Å². The van der Waals surface area contributed by atoms with Gasteiger partial charge in [0.15, 0.2) is 6.61 Å². The Morgan fingerprint density at radius 1 is 1.27 bits per heavy atom. The van der Waals surface area contributed by atoms with Gasteiger partial charge in [-0.1, -0.05) is 19.1 Å². The molecule has 0 aliphatic heterocycles. The van der Waals surface area contributed by atoms with Crippen molar-refractivity contribution < 1.29 is 9.53 Å². The minimum Gasteiger partial charge on any atom is -0.484 e. The van der Waals surface area contributed by atoms with Gasteiger partial charge in [0.2, 0.25) is 0 Å². The lowest BCUT2D eigenvalue weighted by Gasteiger charge is -2.08. The molecular formula is C17H16N2O2S. The van der Waals surface area contributed by atoms with Crippen molar-refractivity contribution in [1.29, 1.82) is 5.26 Å². The summed E-state index contributed by atoms with van der Waals surface area (Å²) in [6.07, 6.45) is 0.927. The molecule has 112 valence electrons. The van der Waals surface area contributed by atoms with Gasteiger partial charge < -0.3 is 10.1 Å². The second-order valence-corrected chi connectivity index (χ2v) is 5.41. The van der Waals surface area contributed by atoms with Crippen molar-refractivity contribution in [3.05, 3.63) is 54.1 Å². The molecule has 22 heavy (non-hydrogen) atoms. The van der Waals surface area contributed by atoms with Crippen LogP contribution < -0.4 is 10.1 Å². The topological polar surface area (TPSA) is 62.1 Å². The van der Waals surface area contributed by atoms with Gasteiger partial charge in [-0.05, 0) is 60.1 Å². The second-order valence-electron chi connectivity index (χ2n) is 4.56. The van der Waals surface area contributed by atoms with E-state index in [1.807, 2.05) is 29.7 Å². The molecule has 5 heteroatoms. The first-order chi connectivity index (χ1) is 10.7. The number of anilines is 1. The zero-order valence-electron chi connectivity index (χ0n) is 12.2. The van der Waals surface area contributed by atoms with Gasteiger partial charge in [-0.3, -0.25) is 4.79 Å². The van der Waals surface area contributed by atoms with E-state index in [2.05, 4.69) is 12.2 Å². The number of hydrogen-bond acceptors (Lipinski definition) is 4. The third-order valence-electron chi connectivity index (χ3n) is 2.98. The molecule has 0 aliphatic carbocycles. The Kier molecular flexibility index (Phi) is 5.87. The van der Waals surface area contributed by atoms with Crippen molar-refractivity contribution in [1.82, 2.24) is 0 Å². The SMILES string of the molecule is CCc1cccc(OCC(=O)Nc2ccc(SC#N)cc2)c1. The summed E-state index contributed by atoms with van der Waals surface area (Å²) in [5.74, 6) is 0.470. The Hall–Kier alpha value is -2.45. The zero-order valence-corrected chi connectivity index (χ0v) is 13.0. The Labute approximate surface area is 134 Å². The molecule has 4 nitrogen and oxygen atoms in total. The fraction of sp³-hybridized carbons (Fsp3) is 0.176. The first-order valence-electron chi connectivity index (χ1n) is 6.89. The highest BCUT2D eigenvalue weighted by Crippen LogP contribution is 2.19. The molecule has 0 atom stereocenters. The van der Waals surface area contributed by atoms with E-state index in [-0.39, 0.29) is 12.5 Å². The van der Waals surface area contributed by atoms with Crippen molar-refractivity contribution in [2.24, 2.45) is 0 Å². The highest BCUT2D eigenvalue weighted by atomic mass is 32.2. The van der Waals surface area contributed by atoms with E-state index < -0.39 is 0 Å². The number of carbonyl (C=O) groups excluding carboxylic acids is 1. The van der Waals surface area contributed by atoms with Crippen LogP contribution in [0.3, 0.4) is 0 Å². The summed E-state index contributed by atoms with van der Waals surface area (Å²) in [6.45, 7) is 2.03. The Morgan fingerprint density at radius 3 is 2.73 bits per heavy atom. The Bertz CT molecular complexity index is 678. The number of thiocyanates is 1. The van der Waals surface area contributed by atoms with E-state index in [9.17, 15) is 4.79 Å². The van der Waals surface area contributed by atoms with E-state index >= 15 is 0 Å². The first kappa shape index (κ1) is 15.9. The van der Waals surface area contributed by atoms with E-state index in [4.69, 9.17) is 10.00 Å². The number of nitrogens with one attached hydrogen (secondary N) is 1. The van der Waals surface area contributed by atoms with E-state index in [1.165, 1.54) is 5.56 Å². The summed E-state index contributed by atoms with van der Waals surface area (Å²) in [6, 6.07) is 14.8. The van der Waals surface area contributed by atoms with Crippen LogP contribution in [-0.4, -0.2) is 12.5 Å². The van der Waals surface area contributed by atoms with E-state index in [1.54, 1.807) is 24.3 Å². The van der Waals surface area contributed by atoms with Gasteiger partial charge in [-0.2, -0.15) is 5.26 Å². The molecule has 0 bridgehead atoms. The summed E-state index contributed by atoms with van der Waals surface area (Å²) in [4.78, 5) is 12.7. The van der Waals surface area contributed by atoms with Crippen LogP contribution in [-0.2, 0) is 11.2 Å². The normalized spacial score (nSPS) is 9.82. The van der Waals surface area contributed by atoms with Crippen LogP contribution in [0.15, 0.2) is 53.4 Å². The van der Waals surface area contributed by atoms with Crippen LogP contribution in [0.2, 0.25) is 0 Å². The summed E-state index contributed by atoms with van der Waals surface area (Å²) in [5, 5.41) is 13.3. The van der Waals surface area contributed by atoms with Gasteiger partial charge in [-0.15, -0.1) is 0 Å². The van der Waals surface area contributed by atoms with Gasteiger partial charge in [0.05, 0.1) is 0 Å². The second kappa shape index (κ2) is 8.11. The molecule has 0 fully saturated rings. The molecule has 0 spiro atoms. The van der Waals surface area contributed by atoms with E-state index in [0.29, 0.717) is 11.4 Å². The lowest BCUT2D eigenvalue weighted by Crippen LogP contribution is -2.20. The van der Waals surface area contributed by atoms with Crippen LogP contribution in [0.1, 0.15) is 12.5 Å². The number of rotatable bonds is 6. The van der Waals surface area contributed by atoms with Gasteiger partial charge >= 0.3 is 0 Å². The fourth-order valence-corrected chi connectivity index (χ4v) is 2.24. The number of carbonyl (C=O) groups is 1. The van der Waals surface area contributed by atoms with Gasteiger partial charge in [0, 0.05) is 10.6 Å². The molecular weight excluding hydrogens is 296 g/mol. The standard InChI is InChI=1S/C17H16N2O2S/c1-2-13-4-3-5-15(10-13)21-11-17(20)19-14-6-8-16(9-7-14)22-12-18/h3-10H,2,11H2,1H3,(H,19,20). The summed E-state index contributed by atoms with van der Waals surface area (Å²) >= 11 is 1.08.